The lowest BCUT2D eigenvalue weighted by molar-refractivity contribution is -0.119. The molecule has 1 aliphatic rings. The summed E-state index contributed by atoms with van der Waals surface area (Å²) in [6, 6.07) is 6.07. The molecule has 0 spiro atoms. The molecule has 0 aliphatic heterocycles. The van der Waals surface area contributed by atoms with E-state index in [0.717, 1.165) is 17.7 Å². The van der Waals surface area contributed by atoms with Gasteiger partial charge in [0.1, 0.15) is 0 Å². The number of amides is 1. The highest BCUT2D eigenvalue weighted by Crippen LogP contribution is 2.31. The zero-order chi connectivity index (χ0) is 14.4. The molecule has 1 saturated carbocycles. The number of benzene rings is 1. The lowest BCUT2D eigenvalue weighted by Crippen LogP contribution is -2.33. The van der Waals surface area contributed by atoms with Gasteiger partial charge in [-0.1, -0.05) is 12.8 Å². The summed E-state index contributed by atoms with van der Waals surface area (Å²) in [4.78, 5) is 12.9. The Morgan fingerprint density at radius 3 is 2.60 bits per heavy atom. The Morgan fingerprint density at radius 2 is 1.95 bits per heavy atom. The van der Waals surface area contributed by atoms with E-state index in [1.165, 1.54) is 24.6 Å². The third-order valence-electron chi connectivity index (χ3n) is 3.45. The number of methoxy groups -OCH3 is 2. The van der Waals surface area contributed by atoms with Crippen LogP contribution in [0.3, 0.4) is 0 Å². The van der Waals surface area contributed by atoms with Crippen LogP contribution in [0.15, 0.2) is 23.1 Å². The fourth-order valence-corrected chi connectivity index (χ4v) is 3.13. The van der Waals surface area contributed by atoms with Crippen molar-refractivity contribution in [1.82, 2.24) is 5.32 Å². The Labute approximate surface area is 124 Å². The first-order valence-corrected chi connectivity index (χ1v) is 7.85. The summed E-state index contributed by atoms with van der Waals surface area (Å²) in [7, 11) is 3.22. The lowest BCUT2D eigenvalue weighted by atomic mass is 10.2. The van der Waals surface area contributed by atoms with Gasteiger partial charge < -0.3 is 14.8 Å². The van der Waals surface area contributed by atoms with Gasteiger partial charge in [0, 0.05) is 10.9 Å². The van der Waals surface area contributed by atoms with E-state index in [4.69, 9.17) is 9.47 Å². The molecule has 1 amide bonds. The van der Waals surface area contributed by atoms with E-state index in [9.17, 15) is 4.79 Å². The Morgan fingerprint density at radius 1 is 1.25 bits per heavy atom. The largest absolute Gasteiger partial charge is 0.493 e. The summed E-state index contributed by atoms with van der Waals surface area (Å²) in [5.74, 6) is 1.93. The summed E-state index contributed by atoms with van der Waals surface area (Å²) in [5.41, 5.74) is 0. The molecule has 0 aromatic heterocycles. The highest BCUT2D eigenvalue weighted by Gasteiger charge is 2.17. The molecule has 1 aliphatic carbocycles. The maximum absolute atomic E-state index is 11.9. The van der Waals surface area contributed by atoms with Crippen molar-refractivity contribution < 1.29 is 14.3 Å². The van der Waals surface area contributed by atoms with Crippen molar-refractivity contribution in [2.24, 2.45) is 0 Å². The molecule has 1 aromatic carbocycles. The molecular formula is C15H21NO3S. The van der Waals surface area contributed by atoms with Gasteiger partial charge in [0.15, 0.2) is 11.5 Å². The van der Waals surface area contributed by atoms with Crippen LogP contribution in [0.4, 0.5) is 0 Å². The second kappa shape index (κ2) is 7.43. The maximum atomic E-state index is 11.9. The minimum absolute atomic E-state index is 0.108. The van der Waals surface area contributed by atoms with Gasteiger partial charge in [0.2, 0.25) is 5.91 Å². The number of thioether (sulfide) groups is 1. The van der Waals surface area contributed by atoms with Crippen LogP contribution in [-0.4, -0.2) is 31.9 Å². The smallest absolute Gasteiger partial charge is 0.230 e. The average molecular weight is 295 g/mol. The van der Waals surface area contributed by atoms with E-state index in [-0.39, 0.29) is 5.91 Å². The van der Waals surface area contributed by atoms with Crippen LogP contribution >= 0.6 is 11.8 Å². The molecule has 0 saturated heterocycles. The maximum Gasteiger partial charge on any atom is 0.230 e. The lowest BCUT2D eigenvalue weighted by Gasteiger charge is -2.12. The van der Waals surface area contributed by atoms with Crippen LogP contribution < -0.4 is 14.8 Å². The predicted molar refractivity (Wildman–Crippen MR) is 80.7 cm³/mol. The van der Waals surface area contributed by atoms with Gasteiger partial charge in [-0.15, -0.1) is 11.8 Å². The zero-order valence-corrected chi connectivity index (χ0v) is 12.8. The molecule has 4 nitrogen and oxygen atoms in total. The highest BCUT2D eigenvalue weighted by molar-refractivity contribution is 8.00. The van der Waals surface area contributed by atoms with Gasteiger partial charge in [0.25, 0.3) is 0 Å². The topological polar surface area (TPSA) is 47.6 Å². The molecule has 0 radical (unpaired) electrons. The standard InChI is InChI=1S/C15H21NO3S/c1-18-13-8-7-12(9-14(13)19-2)20-10-15(17)16-11-5-3-4-6-11/h7-9,11H,3-6,10H2,1-2H3,(H,16,17). The average Bonchev–Trinajstić information content (AvgIpc) is 2.97. The summed E-state index contributed by atoms with van der Waals surface area (Å²) < 4.78 is 10.4. The number of hydrogen-bond acceptors (Lipinski definition) is 4. The quantitative estimate of drug-likeness (QED) is 0.820. The molecule has 0 bridgehead atoms. The van der Waals surface area contributed by atoms with Crippen LogP contribution in [0.5, 0.6) is 11.5 Å². The molecule has 20 heavy (non-hydrogen) atoms. The number of nitrogens with one attached hydrogen (secondary N) is 1. The third-order valence-corrected chi connectivity index (χ3v) is 4.44. The Kier molecular flexibility index (Phi) is 5.59. The monoisotopic (exact) mass is 295 g/mol. The SMILES string of the molecule is COc1ccc(SCC(=O)NC2CCCC2)cc1OC. The first-order chi connectivity index (χ1) is 9.72. The van der Waals surface area contributed by atoms with E-state index in [1.54, 1.807) is 14.2 Å². The van der Waals surface area contributed by atoms with E-state index >= 15 is 0 Å². The van der Waals surface area contributed by atoms with Gasteiger partial charge >= 0.3 is 0 Å². The van der Waals surface area contributed by atoms with Crippen LogP contribution in [0.25, 0.3) is 0 Å². The van der Waals surface area contributed by atoms with Gasteiger partial charge in [-0.2, -0.15) is 0 Å². The normalized spacial score (nSPS) is 15.1. The number of ether oxygens (including phenoxy) is 2. The molecule has 1 N–H and O–H groups in total. The van der Waals surface area contributed by atoms with Crippen molar-refractivity contribution >= 4 is 17.7 Å². The minimum Gasteiger partial charge on any atom is -0.493 e. The molecule has 0 unspecified atom stereocenters. The molecule has 0 atom stereocenters. The number of hydrogen-bond donors (Lipinski definition) is 1. The second-order valence-corrected chi connectivity index (χ2v) is 5.90. The first-order valence-electron chi connectivity index (χ1n) is 6.87. The molecule has 0 heterocycles. The summed E-state index contributed by atoms with van der Waals surface area (Å²) in [5, 5.41) is 3.08. The number of carbonyl (C=O) groups excluding carboxylic acids is 1. The fraction of sp³-hybridized carbons (Fsp3) is 0.533. The van der Waals surface area contributed by atoms with E-state index in [1.807, 2.05) is 18.2 Å². The molecule has 2 rings (SSSR count). The van der Waals surface area contributed by atoms with Gasteiger partial charge in [-0.05, 0) is 31.0 Å². The van der Waals surface area contributed by atoms with Gasteiger partial charge in [-0.3, -0.25) is 4.79 Å². The van der Waals surface area contributed by atoms with Crippen molar-refractivity contribution in [3.8, 4) is 11.5 Å². The Hall–Kier alpha value is -1.36. The summed E-state index contributed by atoms with van der Waals surface area (Å²) >= 11 is 1.51. The molecule has 5 heteroatoms. The molecule has 1 fully saturated rings. The van der Waals surface area contributed by atoms with Crippen molar-refractivity contribution in [1.29, 1.82) is 0 Å². The number of carbonyl (C=O) groups is 1. The highest BCUT2D eigenvalue weighted by atomic mass is 32.2. The molecular weight excluding hydrogens is 274 g/mol. The Balaban J connectivity index is 1.85. The first kappa shape index (κ1) is 15.0. The van der Waals surface area contributed by atoms with Gasteiger partial charge in [0.05, 0.1) is 20.0 Å². The summed E-state index contributed by atoms with van der Waals surface area (Å²) in [6.45, 7) is 0. The van der Waals surface area contributed by atoms with Crippen LogP contribution in [0.2, 0.25) is 0 Å². The fourth-order valence-electron chi connectivity index (χ4n) is 2.39. The van der Waals surface area contributed by atoms with Gasteiger partial charge in [-0.25, -0.2) is 0 Å². The summed E-state index contributed by atoms with van der Waals surface area (Å²) in [6.07, 6.45) is 4.70. The number of rotatable bonds is 6. The van der Waals surface area contributed by atoms with Crippen LogP contribution in [-0.2, 0) is 4.79 Å². The van der Waals surface area contributed by atoms with Crippen molar-refractivity contribution in [3.63, 3.8) is 0 Å². The van der Waals surface area contributed by atoms with E-state index < -0.39 is 0 Å². The van der Waals surface area contributed by atoms with E-state index in [2.05, 4.69) is 5.32 Å². The molecule has 110 valence electrons. The minimum atomic E-state index is 0.108. The van der Waals surface area contributed by atoms with Crippen molar-refractivity contribution in [2.45, 2.75) is 36.6 Å². The Bertz CT molecular complexity index is 458. The van der Waals surface area contributed by atoms with Crippen molar-refractivity contribution in [3.05, 3.63) is 18.2 Å². The predicted octanol–water partition coefficient (Wildman–Crippen LogP) is 2.85. The zero-order valence-electron chi connectivity index (χ0n) is 12.0. The van der Waals surface area contributed by atoms with E-state index in [0.29, 0.717) is 23.3 Å². The van der Waals surface area contributed by atoms with Crippen molar-refractivity contribution in [2.75, 3.05) is 20.0 Å². The van der Waals surface area contributed by atoms with Crippen LogP contribution in [0, 0.1) is 0 Å². The van der Waals surface area contributed by atoms with Crippen LogP contribution in [0.1, 0.15) is 25.7 Å². The molecule has 1 aromatic rings. The third kappa shape index (κ3) is 4.07. The second-order valence-electron chi connectivity index (χ2n) is 4.85.